The second kappa shape index (κ2) is 6.64. The van der Waals surface area contributed by atoms with E-state index in [2.05, 4.69) is 4.98 Å². The zero-order valence-electron chi connectivity index (χ0n) is 12.7. The van der Waals surface area contributed by atoms with Crippen LogP contribution in [-0.2, 0) is 4.74 Å². The monoisotopic (exact) mass is 343 g/mol. The molecule has 0 unspecified atom stereocenters. The Morgan fingerprint density at radius 3 is 2.52 bits per heavy atom. The number of ketones is 1. The van der Waals surface area contributed by atoms with Crippen LogP contribution in [0.5, 0.6) is 0 Å². The molecule has 5 nitrogen and oxygen atoms in total. The Labute approximate surface area is 139 Å². The number of aromatic nitrogens is 1. The van der Waals surface area contributed by atoms with Gasteiger partial charge in [0.15, 0.2) is 29.5 Å². The molecule has 1 heterocycles. The number of esters is 1. The summed E-state index contributed by atoms with van der Waals surface area (Å²) in [7, 11) is 0. The maximum absolute atomic E-state index is 13.1. The van der Waals surface area contributed by atoms with Crippen molar-refractivity contribution in [2.75, 3.05) is 6.61 Å². The van der Waals surface area contributed by atoms with Crippen molar-refractivity contribution in [3.05, 3.63) is 81.6 Å². The number of carbonyl (C=O) groups excluding carboxylic acids is 2. The van der Waals surface area contributed by atoms with E-state index < -0.39 is 30.0 Å². The van der Waals surface area contributed by atoms with E-state index in [1.165, 1.54) is 0 Å². The number of fused-ring (bicyclic) bond motifs is 1. The molecule has 0 bridgehead atoms. The van der Waals surface area contributed by atoms with E-state index in [1.807, 2.05) is 0 Å². The summed E-state index contributed by atoms with van der Waals surface area (Å²) in [6.07, 6.45) is 0. The Bertz CT molecular complexity index is 1040. The van der Waals surface area contributed by atoms with Crippen LogP contribution >= 0.6 is 0 Å². The van der Waals surface area contributed by atoms with Gasteiger partial charge in [-0.3, -0.25) is 9.59 Å². The number of ether oxygens (including phenoxy) is 1. The zero-order chi connectivity index (χ0) is 18.0. The molecule has 0 aliphatic heterocycles. The van der Waals surface area contributed by atoms with E-state index in [0.717, 1.165) is 24.3 Å². The van der Waals surface area contributed by atoms with Crippen LogP contribution < -0.4 is 5.43 Å². The van der Waals surface area contributed by atoms with Gasteiger partial charge in [-0.05, 0) is 30.3 Å². The lowest BCUT2D eigenvalue weighted by Crippen LogP contribution is -2.17. The first-order chi connectivity index (χ1) is 12.0. The second-order valence-electron chi connectivity index (χ2n) is 5.22. The number of rotatable bonds is 4. The van der Waals surface area contributed by atoms with Gasteiger partial charge >= 0.3 is 5.97 Å². The van der Waals surface area contributed by atoms with Gasteiger partial charge in [-0.15, -0.1) is 0 Å². The zero-order valence-corrected chi connectivity index (χ0v) is 12.7. The minimum atomic E-state index is -1.17. The molecule has 0 aliphatic carbocycles. The number of halogens is 2. The number of aromatic amines is 1. The molecule has 0 spiro atoms. The van der Waals surface area contributed by atoms with Crippen LogP contribution in [0.3, 0.4) is 0 Å². The van der Waals surface area contributed by atoms with E-state index in [9.17, 15) is 23.2 Å². The molecule has 126 valence electrons. The molecule has 0 fully saturated rings. The Hall–Kier alpha value is -3.35. The summed E-state index contributed by atoms with van der Waals surface area (Å²) >= 11 is 0. The second-order valence-corrected chi connectivity index (χ2v) is 5.22. The number of hydrogen-bond acceptors (Lipinski definition) is 4. The van der Waals surface area contributed by atoms with Gasteiger partial charge in [-0.2, -0.15) is 0 Å². The van der Waals surface area contributed by atoms with Crippen molar-refractivity contribution in [1.82, 2.24) is 4.98 Å². The highest BCUT2D eigenvalue weighted by atomic mass is 19.2. The standard InChI is InChI=1S/C18H11F2NO4/c19-12-6-5-10(7-13(12)20)17(23)9-25-18(24)15-8-16(22)11-3-1-2-4-14(11)21-15/h1-8H,9H2,(H,21,22). The fraction of sp³-hybridized carbons (Fsp3) is 0.0556. The van der Waals surface area contributed by atoms with Crippen LogP contribution in [0.4, 0.5) is 8.78 Å². The van der Waals surface area contributed by atoms with Crippen LogP contribution in [0.2, 0.25) is 0 Å². The molecule has 0 saturated heterocycles. The SMILES string of the molecule is O=C(COC(=O)c1cc(=O)c2ccccc2[nH]1)c1ccc(F)c(F)c1. The molecular weight excluding hydrogens is 332 g/mol. The highest BCUT2D eigenvalue weighted by Gasteiger charge is 2.15. The molecule has 1 aromatic heterocycles. The van der Waals surface area contributed by atoms with Gasteiger partial charge in [0.1, 0.15) is 5.69 Å². The lowest BCUT2D eigenvalue weighted by Gasteiger charge is -2.06. The van der Waals surface area contributed by atoms with Gasteiger partial charge in [0.05, 0.1) is 0 Å². The number of H-pyrrole nitrogens is 1. The van der Waals surface area contributed by atoms with Crippen LogP contribution in [0, 0.1) is 11.6 Å². The van der Waals surface area contributed by atoms with E-state index in [-0.39, 0.29) is 16.7 Å². The number of pyridine rings is 1. The van der Waals surface area contributed by atoms with E-state index >= 15 is 0 Å². The maximum Gasteiger partial charge on any atom is 0.355 e. The Morgan fingerprint density at radius 1 is 1.00 bits per heavy atom. The van der Waals surface area contributed by atoms with Gasteiger partial charge in [0.2, 0.25) is 0 Å². The van der Waals surface area contributed by atoms with E-state index in [4.69, 9.17) is 4.74 Å². The van der Waals surface area contributed by atoms with Gasteiger partial charge < -0.3 is 9.72 Å². The van der Waals surface area contributed by atoms with Crippen LogP contribution in [0.15, 0.2) is 53.3 Å². The third-order valence-electron chi connectivity index (χ3n) is 3.53. The quantitative estimate of drug-likeness (QED) is 0.584. The van der Waals surface area contributed by atoms with Crippen LogP contribution in [0.25, 0.3) is 10.9 Å². The largest absolute Gasteiger partial charge is 0.453 e. The molecule has 2 aromatic carbocycles. The molecule has 3 aromatic rings. The molecule has 0 radical (unpaired) electrons. The molecule has 3 rings (SSSR count). The fourth-order valence-electron chi connectivity index (χ4n) is 2.27. The first kappa shape index (κ1) is 16.5. The highest BCUT2D eigenvalue weighted by molar-refractivity contribution is 5.99. The topological polar surface area (TPSA) is 76.2 Å². The van der Waals surface area contributed by atoms with Crippen molar-refractivity contribution >= 4 is 22.7 Å². The fourth-order valence-corrected chi connectivity index (χ4v) is 2.27. The first-order valence-corrected chi connectivity index (χ1v) is 7.23. The number of carbonyl (C=O) groups is 2. The summed E-state index contributed by atoms with van der Waals surface area (Å²) in [5.74, 6) is -3.85. The molecule has 0 amide bonds. The van der Waals surface area contributed by atoms with Crippen LogP contribution in [0.1, 0.15) is 20.8 Å². The summed E-state index contributed by atoms with van der Waals surface area (Å²) in [6, 6.07) is 10.3. The van der Waals surface area contributed by atoms with Gasteiger partial charge in [-0.25, -0.2) is 13.6 Å². The Morgan fingerprint density at radius 2 is 1.76 bits per heavy atom. The van der Waals surface area contributed by atoms with E-state index in [1.54, 1.807) is 24.3 Å². The molecule has 7 heteroatoms. The molecule has 0 atom stereocenters. The summed E-state index contributed by atoms with van der Waals surface area (Å²) in [4.78, 5) is 38.6. The Kier molecular flexibility index (Phi) is 4.38. The summed E-state index contributed by atoms with van der Waals surface area (Å²) in [5.41, 5.74) is -0.150. The summed E-state index contributed by atoms with van der Waals surface area (Å²) in [5, 5.41) is 0.414. The number of para-hydroxylation sites is 1. The number of Topliss-reactive ketones (excluding diaryl/α,β-unsaturated/α-hetero) is 1. The molecule has 1 N–H and O–H groups in total. The van der Waals surface area contributed by atoms with Gasteiger partial charge in [-0.1, -0.05) is 12.1 Å². The molecule has 0 aliphatic rings. The third-order valence-corrected chi connectivity index (χ3v) is 3.53. The number of nitrogens with one attached hydrogen (secondary N) is 1. The minimum Gasteiger partial charge on any atom is -0.453 e. The van der Waals surface area contributed by atoms with Crippen molar-refractivity contribution in [2.24, 2.45) is 0 Å². The molecule has 0 saturated carbocycles. The summed E-state index contributed by atoms with van der Waals surface area (Å²) in [6.45, 7) is -0.668. The average Bonchev–Trinajstić information content (AvgIpc) is 2.61. The third kappa shape index (κ3) is 3.45. The lowest BCUT2D eigenvalue weighted by molar-refractivity contribution is 0.0469. The summed E-state index contributed by atoms with van der Waals surface area (Å²) < 4.78 is 30.8. The predicted molar refractivity (Wildman–Crippen MR) is 85.5 cm³/mol. The number of benzene rings is 2. The number of hydrogen-bond donors (Lipinski definition) is 1. The van der Waals surface area contributed by atoms with Gasteiger partial charge in [0, 0.05) is 22.5 Å². The van der Waals surface area contributed by atoms with E-state index in [0.29, 0.717) is 10.9 Å². The van der Waals surface area contributed by atoms with Crippen molar-refractivity contribution in [1.29, 1.82) is 0 Å². The van der Waals surface area contributed by atoms with Crippen molar-refractivity contribution in [2.45, 2.75) is 0 Å². The van der Waals surface area contributed by atoms with Crippen molar-refractivity contribution in [3.63, 3.8) is 0 Å². The lowest BCUT2D eigenvalue weighted by atomic mass is 10.1. The molecular formula is C18H11F2NO4. The van der Waals surface area contributed by atoms with Gasteiger partial charge in [0.25, 0.3) is 0 Å². The Balaban J connectivity index is 1.75. The van der Waals surface area contributed by atoms with Crippen molar-refractivity contribution in [3.8, 4) is 0 Å². The van der Waals surface area contributed by atoms with Crippen LogP contribution in [-0.4, -0.2) is 23.3 Å². The average molecular weight is 343 g/mol. The molecule has 25 heavy (non-hydrogen) atoms. The highest BCUT2D eigenvalue weighted by Crippen LogP contribution is 2.11. The van der Waals surface area contributed by atoms with Crippen molar-refractivity contribution < 1.29 is 23.1 Å². The normalized spacial score (nSPS) is 10.6. The minimum absolute atomic E-state index is 0.109. The smallest absolute Gasteiger partial charge is 0.355 e. The predicted octanol–water partition coefficient (Wildman–Crippen LogP) is 2.85. The maximum atomic E-state index is 13.1. The first-order valence-electron chi connectivity index (χ1n) is 7.23.